The van der Waals surface area contributed by atoms with E-state index in [1.807, 2.05) is 12.3 Å². The van der Waals surface area contributed by atoms with Crippen molar-refractivity contribution in [3.8, 4) is 0 Å². The first-order chi connectivity index (χ1) is 9.36. The SMILES string of the molecule is NC[C@@H]1CCC(c2nnc3cnc4[nH]ccc4n23)C1. The van der Waals surface area contributed by atoms with Crippen LogP contribution in [0.4, 0.5) is 0 Å². The highest BCUT2D eigenvalue weighted by Gasteiger charge is 2.28. The van der Waals surface area contributed by atoms with Crippen LogP contribution in [-0.2, 0) is 0 Å². The van der Waals surface area contributed by atoms with Crippen molar-refractivity contribution in [1.29, 1.82) is 0 Å². The molecule has 2 atom stereocenters. The predicted octanol–water partition coefficient (Wildman–Crippen LogP) is 1.45. The van der Waals surface area contributed by atoms with Crippen molar-refractivity contribution in [2.75, 3.05) is 6.54 Å². The average Bonchev–Trinajstić information content (AvgIpc) is 3.15. The maximum Gasteiger partial charge on any atom is 0.179 e. The highest BCUT2D eigenvalue weighted by Crippen LogP contribution is 2.37. The average molecular weight is 256 g/mol. The summed E-state index contributed by atoms with van der Waals surface area (Å²) in [5, 5.41) is 8.64. The Balaban J connectivity index is 1.88. The molecule has 0 bridgehead atoms. The smallest absolute Gasteiger partial charge is 0.179 e. The minimum absolute atomic E-state index is 0.462. The van der Waals surface area contributed by atoms with Crippen molar-refractivity contribution in [3.63, 3.8) is 0 Å². The van der Waals surface area contributed by atoms with Gasteiger partial charge in [0.15, 0.2) is 11.3 Å². The summed E-state index contributed by atoms with van der Waals surface area (Å²) < 4.78 is 2.13. The maximum absolute atomic E-state index is 5.78. The summed E-state index contributed by atoms with van der Waals surface area (Å²) in [6, 6.07) is 2.03. The second-order valence-electron chi connectivity index (χ2n) is 5.33. The number of H-pyrrole nitrogens is 1. The van der Waals surface area contributed by atoms with Crippen LogP contribution in [0.1, 0.15) is 31.0 Å². The number of nitrogens with zero attached hydrogens (tertiary/aromatic N) is 4. The van der Waals surface area contributed by atoms with E-state index in [2.05, 4.69) is 24.6 Å². The molecule has 6 nitrogen and oxygen atoms in total. The Labute approximate surface area is 110 Å². The second-order valence-corrected chi connectivity index (χ2v) is 5.33. The zero-order chi connectivity index (χ0) is 12.8. The van der Waals surface area contributed by atoms with Crippen molar-refractivity contribution in [2.45, 2.75) is 25.2 Å². The molecule has 1 saturated carbocycles. The number of rotatable bonds is 2. The molecule has 6 heteroatoms. The molecule has 0 radical (unpaired) electrons. The Morgan fingerprint density at radius 2 is 2.32 bits per heavy atom. The molecule has 98 valence electrons. The first kappa shape index (κ1) is 10.9. The molecule has 0 aromatic carbocycles. The summed E-state index contributed by atoms with van der Waals surface area (Å²) in [7, 11) is 0. The number of aromatic amines is 1. The molecule has 19 heavy (non-hydrogen) atoms. The lowest BCUT2D eigenvalue weighted by atomic mass is 10.0. The van der Waals surface area contributed by atoms with Gasteiger partial charge in [-0.3, -0.25) is 4.40 Å². The molecule has 0 aliphatic heterocycles. The van der Waals surface area contributed by atoms with Crippen LogP contribution in [0.3, 0.4) is 0 Å². The summed E-state index contributed by atoms with van der Waals surface area (Å²) in [6.07, 6.45) is 7.13. The molecule has 1 aliphatic carbocycles. The first-order valence-electron chi connectivity index (χ1n) is 6.74. The highest BCUT2D eigenvalue weighted by atomic mass is 15.3. The van der Waals surface area contributed by atoms with Gasteiger partial charge in [-0.2, -0.15) is 0 Å². The summed E-state index contributed by atoms with van der Waals surface area (Å²) in [5.41, 5.74) is 8.52. The van der Waals surface area contributed by atoms with Gasteiger partial charge in [-0.15, -0.1) is 10.2 Å². The number of fused-ring (bicyclic) bond motifs is 3. The van der Waals surface area contributed by atoms with Gasteiger partial charge in [-0.05, 0) is 37.8 Å². The Hall–Kier alpha value is -1.95. The molecule has 1 fully saturated rings. The standard InChI is InChI=1S/C13H16N6/c14-6-8-1-2-9(5-8)13-18-17-11-7-16-12-10(19(11)13)3-4-15-12/h3-4,7-9,15H,1-2,5-6,14H2/t8-,9?/m1/s1. The number of nitrogens with one attached hydrogen (secondary N) is 1. The third-order valence-electron chi connectivity index (χ3n) is 4.21. The minimum atomic E-state index is 0.462. The van der Waals surface area contributed by atoms with Gasteiger partial charge in [0.05, 0.1) is 11.7 Å². The van der Waals surface area contributed by atoms with Gasteiger partial charge in [0.2, 0.25) is 0 Å². The van der Waals surface area contributed by atoms with E-state index in [0.29, 0.717) is 11.8 Å². The zero-order valence-electron chi connectivity index (χ0n) is 10.6. The van der Waals surface area contributed by atoms with Crippen LogP contribution in [0, 0.1) is 5.92 Å². The van der Waals surface area contributed by atoms with Crippen molar-refractivity contribution < 1.29 is 0 Å². The van der Waals surface area contributed by atoms with Gasteiger partial charge >= 0.3 is 0 Å². The first-order valence-corrected chi connectivity index (χ1v) is 6.74. The van der Waals surface area contributed by atoms with E-state index in [4.69, 9.17) is 5.73 Å². The van der Waals surface area contributed by atoms with Gasteiger partial charge in [0, 0.05) is 12.1 Å². The van der Waals surface area contributed by atoms with E-state index >= 15 is 0 Å². The van der Waals surface area contributed by atoms with Gasteiger partial charge in [0.1, 0.15) is 5.82 Å². The monoisotopic (exact) mass is 256 g/mol. The summed E-state index contributed by atoms with van der Waals surface area (Å²) in [4.78, 5) is 7.47. The Kier molecular flexibility index (Phi) is 2.32. The van der Waals surface area contributed by atoms with Crippen LogP contribution in [0.5, 0.6) is 0 Å². The summed E-state index contributed by atoms with van der Waals surface area (Å²) >= 11 is 0. The number of nitrogens with two attached hydrogens (primary N) is 1. The van der Waals surface area contributed by atoms with E-state index in [9.17, 15) is 0 Å². The largest absolute Gasteiger partial charge is 0.345 e. The van der Waals surface area contributed by atoms with E-state index in [1.54, 1.807) is 6.20 Å². The van der Waals surface area contributed by atoms with Gasteiger partial charge < -0.3 is 10.7 Å². The summed E-state index contributed by atoms with van der Waals surface area (Å²) in [6.45, 7) is 0.772. The fourth-order valence-corrected chi connectivity index (χ4v) is 3.19. The Bertz CT molecular complexity index is 727. The van der Waals surface area contributed by atoms with E-state index in [0.717, 1.165) is 42.0 Å². The van der Waals surface area contributed by atoms with Gasteiger partial charge in [-0.25, -0.2) is 4.98 Å². The van der Waals surface area contributed by atoms with Crippen LogP contribution < -0.4 is 5.73 Å². The molecule has 0 spiro atoms. The van der Waals surface area contributed by atoms with Gasteiger partial charge in [0.25, 0.3) is 0 Å². The van der Waals surface area contributed by atoms with Crippen LogP contribution in [0.15, 0.2) is 18.5 Å². The Morgan fingerprint density at radius 3 is 3.16 bits per heavy atom. The van der Waals surface area contributed by atoms with E-state index < -0.39 is 0 Å². The third-order valence-corrected chi connectivity index (χ3v) is 4.21. The quantitative estimate of drug-likeness (QED) is 0.726. The zero-order valence-corrected chi connectivity index (χ0v) is 10.6. The van der Waals surface area contributed by atoms with Crippen molar-refractivity contribution in [1.82, 2.24) is 24.6 Å². The van der Waals surface area contributed by atoms with Gasteiger partial charge in [-0.1, -0.05) is 0 Å². The molecule has 0 amide bonds. The van der Waals surface area contributed by atoms with Crippen molar-refractivity contribution >= 4 is 16.8 Å². The molecular weight excluding hydrogens is 240 g/mol. The number of hydrogen-bond donors (Lipinski definition) is 2. The fraction of sp³-hybridized carbons (Fsp3) is 0.462. The second kappa shape index (κ2) is 4.03. The van der Waals surface area contributed by atoms with Crippen LogP contribution in [-0.4, -0.2) is 31.1 Å². The molecule has 3 heterocycles. The minimum Gasteiger partial charge on any atom is -0.345 e. The maximum atomic E-state index is 5.78. The van der Waals surface area contributed by atoms with Crippen LogP contribution >= 0.6 is 0 Å². The number of hydrogen-bond acceptors (Lipinski definition) is 4. The predicted molar refractivity (Wildman–Crippen MR) is 71.8 cm³/mol. The van der Waals surface area contributed by atoms with Crippen LogP contribution in [0.2, 0.25) is 0 Å². The molecular formula is C13H16N6. The lowest BCUT2D eigenvalue weighted by molar-refractivity contribution is 0.544. The molecule has 4 rings (SSSR count). The molecule has 3 N–H and O–H groups in total. The van der Waals surface area contributed by atoms with Crippen molar-refractivity contribution in [2.24, 2.45) is 11.7 Å². The topological polar surface area (TPSA) is 84.9 Å². The highest BCUT2D eigenvalue weighted by molar-refractivity contribution is 5.74. The molecule has 0 saturated heterocycles. The summed E-state index contributed by atoms with van der Waals surface area (Å²) in [5.74, 6) is 2.14. The molecule has 3 aromatic heterocycles. The number of aromatic nitrogens is 5. The molecule has 1 aliphatic rings. The Morgan fingerprint density at radius 1 is 1.37 bits per heavy atom. The van der Waals surface area contributed by atoms with Crippen molar-refractivity contribution in [3.05, 3.63) is 24.3 Å². The third kappa shape index (κ3) is 1.56. The lowest BCUT2D eigenvalue weighted by Crippen LogP contribution is -2.11. The van der Waals surface area contributed by atoms with Crippen LogP contribution in [0.25, 0.3) is 16.8 Å². The lowest BCUT2D eigenvalue weighted by Gasteiger charge is -2.08. The van der Waals surface area contributed by atoms with E-state index in [1.165, 1.54) is 6.42 Å². The van der Waals surface area contributed by atoms with E-state index in [-0.39, 0.29) is 0 Å². The normalized spacial score (nSPS) is 23.6. The fourth-order valence-electron chi connectivity index (χ4n) is 3.19. The molecule has 3 aromatic rings. The molecule has 1 unspecified atom stereocenters.